The Hall–Kier alpha value is -2.97. The van der Waals surface area contributed by atoms with E-state index in [0.29, 0.717) is 30.2 Å². The molecule has 1 aliphatic carbocycles. The van der Waals surface area contributed by atoms with Crippen molar-refractivity contribution in [3.05, 3.63) is 59.4 Å². The molecule has 2 amide bonds. The van der Waals surface area contributed by atoms with E-state index in [-0.39, 0.29) is 29.5 Å². The van der Waals surface area contributed by atoms with E-state index in [9.17, 15) is 14.0 Å². The summed E-state index contributed by atoms with van der Waals surface area (Å²) in [6, 6.07) is 10.9. The highest BCUT2D eigenvalue weighted by Crippen LogP contribution is 2.32. The molecule has 3 atom stereocenters. The number of halogens is 1. The van der Waals surface area contributed by atoms with Crippen molar-refractivity contribution in [2.24, 2.45) is 11.8 Å². The zero-order valence-corrected chi connectivity index (χ0v) is 21.5. The number of benzene rings is 2. The number of likely N-dealkylation sites (N-methyl/N-ethyl adjacent to an activating group) is 1. The standard InChI is InChI=1S/C28H36FN3O4/c1-18-14-32(15-20-9-10-20)19(2)17-36-25-12-11-21(30-27(33)22-7-5-6-8-24(22)29)13-23(25)28(34)31(3)16-26(18)35-4/h5-8,11-13,18-20,26H,9-10,14-17H2,1-4H3,(H,30,33)/t18-,19-,26-/m0/s1. The summed E-state index contributed by atoms with van der Waals surface area (Å²) in [7, 11) is 3.43. The molecular formula is C28H36FN3O4. The lowest BCUT2D eigenvalue weighted by Gasteiger charge is -2.36. The Morgan fingerprint density at radius 1 is 1.17 bits per heavy atom. The predicted molar refractivity (Wildman–Crippen MR) is 137 cm³/mol. The fourth-order valence-corrected chi connectivity index (χ4v) is 4.66. The molecule has 1 fully saturated rings. The Bertz CT molecular complexity index is 1090. The number of hydrogen-bond acceptors (Lipinski definition) is 5. The minimum atomic E-state index is -0.607. The van der Waals surface area contributed by atoms with E-state index >= 15 is 0 Å². The maximum atomic E-state index is 14.1. The van der Waals surface area contributed by atoms with E-state index in [4.69, 9.17) is 9.47 Å². The number of hydrogen-bond donors (Lipinski definition) is 1. The van der Waals surface area contributed by atoms with Gasteiger partial charge in [-0.2, -0.15) is 0 Å². The average Bonchev–Trinajstić information content (AvgIpc) is 3.69. The Morgan fingerprint density at radius 3 is 2.61 bits per heavy atom. The predicted octanol–water partition coefficient (Wildman–Crippen LogP) is 4.29. The zero-order chi connectivity index (χ0) is 25.8. The van der Waals surface area contributed by atoms with Gasteiger partial charge in [0.05, 0.1) is 17.2 Å². The molecular weight excluding hydrogens is 461 g/mol. The summed E-state index contributed by atoms with van der Waals surface area (Å²) < 4.78 is 26.1. The number of carbonyl (C=O) groups excluding carboxylic acids is 2. The number of ether oxygens (including phenoxy) is 2. The number of anilines is 1. The lowest BCUT2D eigenvalue weighted by atomic mass is 10.0. The van der Waals surface area contributed by atoms with E-state index in [1.54, 1.807) is 43.3 Å². The largest absolute Gasteiger partial charge is 0.491 e. The fraction of sp³-hybridized carbons (Fsp3) is 0.500. The first kappa shape index (κ1) is 26.1. The van der Waals surface area contributed by atoms with Crippen molar-refractivity contribution < 1.29 is 23.5 Å². The van der Waals surface area contributed by atoms with Crippen LogP contribution in [0.4, 0.5) is 10.1 Å². The van der Waals surface area contributed by atoms with Gasteiger partial charge in [-0.25, -0.2) is 4.39 Å². The van der Waals surface area contributed by atoms with Gasteiger partial charge >= 0.3 is 0 Å². The van der Waals surface area contributed by atoms with Gasteiger partial charge in [-0.15, -0.1) is 0 Å². The number of nitrogens with one attached hydrogen (secondary N) is 1. The molecule has 0 spiro atoms. The van der Waals surface area contributed by atoms with Crippen LogP contribution in [0.15, 0.2) is 42.5 Å². The number of carbonyl (C=O) groups is 2. The number of nitrogens with zero attached hydrogens (tertiary/aromatic N) is 2. The third-order valence-electron chi connectivity index (χ3n) is 7.14. The molecule has 2 aliphatic rings. The number of rotatable bonds is 5. The van der Waals surface area contributed by atoms with Gasteiger partial charge in [-0.1, -0.05) is 19.1 Å². The van der Waals surface area contributed by atoms with Crippen LogP contribution in [0.1, 0.15) is 47.4 Å². The van der Waals surface area contributed by atoms with Crippen molar-refractivity contribution in [1.29, 1.82) is 0 Å². The second-order valence-corrected chi connectivity index (χ2v) is 10.1. The van der Waals surface area contributed by atoms with Crippen LogP contribution in [0.25, 0.3) is 0 Å². The minimum absolute atomic E-state index is 0.0635. The minimum Gasteiger partial charge on any atom is -0.491 e. The molecule has 1 aliphatic heterocycles. The molecule has 0 radical (unpaired) electrons. The monoisotopic (exact) mass is 497 g/mol. The maximum Gasteiger partial charge on any atom is 0.258 e. The molecule has 1 N–H and O–H groups in total. The first-order valence-corrected chi connectivity index (χ1v) is 12.6. The van der Waals surface area contributed by atoms with Crippen molar-refractivity contribution >= 4 is 17.5 Å². The first-order chi connectivity index (χ1) is 17.3. The van der Waals surface area contributed by atoms with Crippen molar-refractivity contribution in [1.82, 2.24) is 9.80 Å². The van der Waals surface area contributed by atoms with Crippen LogP contribution in [0, 0.1) is 17.7 Å². The Morgan fingerprint density at radius 2 is 1.92 bits per heavy atom. The van der Waals surface area contributed by atoms with Gasteiger partial charge in [-0.05, 0) is 61.9 Å². The van der Waals surface area contributed by atoms with Gasteiger partial charge in [-0.3, -0.25) is 14.5 Å². The molecule has 8 heteroatoms. The van der Waals surface area contributed by atoms with E-state index in [1.165, 1.54) is 31.0 Å². The highest BCUT2D eigenvalue weighted by atomic mass is 19.1. The molecule has 4 rings (SSSR count). The summed E-state index contributed by atoms with van der Waals surface area (Å²) in [5.74, 6) is -0.00579. The van der Waals surface area contributed by atoms with Gasteiger partial charge in [0, 0.05) is 45.5 Å². The molecule has 0 unspecified atom stereocenters. The second kappa shape index (κ2) is 11.4. The van der Waals surface area contributed by atoms with E-state index < -0.39 is 11.7 Å². The molecule has 0 saturated heterocycles. The molecule has 1 heterocycles. The fourth-order valence-electron chi connectivity index (χ4n) is 4.66. The van der Waals surface area contributed by atoms with Gasteiger partial charge in [0.25, 0.3) is 11.8 Å². The van der Waals surface area contributed by atoms with Crippen molar-refractivity contribution in [3.8, 4) is 5.75 Å². The van der Waals surface area contributed by atoms with E-state index in [2.05, 4.69) is 24.1 Å². The van der Waals surface area contributed by atoms with Gasteiger partial charge in [0.15, 0.2) is 0 Å². The summed E-state index contributed by atoms with van der Waals surface area (Å²) in [5.41, 5.74) is 0.666. The van der Waals surface area contributed by atoms with Crippen LogP contribution in [-0.2, 0) is 4.74 Å². The van der Waals surface area contributed by atoms with Crippen LogP contribution in [0.2, 0.25) is 0 Å². The summed E-state index contributed by atoms with van der Waals surface area (Å²) in [6.07, 6.45) is 2.42. The molecule has 0 bridgehead atoms. The van der Waals surface area contributed by atoms with Crippen molar-refractivity contribution in [2.75, 3.05) is 45.7 Å². The lowest BCUT2D eigenvalue weighted by Crippen LogP contribution is -2.47. The van der Waals surface area contributed by atoms with Crippen LogP contribution in [0.3, 0.4) is 0 Å². The molecule has 36 heavy (non-hydrogen) atoms. The summed E-state index contributed by atoms with van der Waals surface area (Å²) in [6.45, 7) is 7.08. The average molecular weight is 498 g/mol. The Balaban J connectivity index is 1.61. The number of fused-ring (bicyclic) bond motifs is 1. The van der Waals surface area contributed by atoms with Crippen LogP contribution >= 0.6 is 0 Å². The topological polar surface area (TPSA) is 71.1 Å². The number of amides is 2. The van der Waals surface area contributed by atoms with Crippen LogP contribution in [-0.4, -0.2) is 74.2 Å². The van der Waals surface area contributed by atoms with E-state index in [0.717, 1.165) is 19.0 Å². The zero-order valence-electron chi connectivity index (χ0n) is 21.5. The first-order valence-electron chi connectivity index (χ1n) is 12.6. The Labute approximate surface area is 212 Å². The lowest BCUT2D eigenvalue weighted by molar-refractivity contribution is 0.00994. The highest BCUT2D eigenvalue weighted by molar-refractivity contribution is 6.05. The molecule has 2 aromatic rings. The second-order valence-electron chi connectivity index (χ2n) is 10.1. The van der Waals surface area contributed by atoms with Gasteiger partial charge in [0.2, 0.25) is 0 Å². The molecule has 194 valence electrons. The van der Waals surface area contributed by atoms with Crippen molar-refractivity contribution in [2.45, 2.75) is 38.8 Å². The third-order valence-corrected chi connectivity index (χ3v) is 7.14. The number of methoxy groups -OCH3 is 1. The molecule has 0 aromatic heterocycles. The van der Waals surface area contributed by atoms with Gasteiger partial charge < -0.3 is 19.7 Å². The van der Waals surface area contributed by atoms with Gasteiger partial charge in [0.1, 0.15) is 18.2 Å². The van der Waals surface area contributed by atoms with Crippen LogP contribution < -0.4 is 10.1 Å². The van der Waals surface area contributed by atoms with Crippen molar-refractivity contribution in [3.63, 3.8) is 0 Å². The van der Waals surface area contributed by atoms with Crippen LogP contribution in [0.5, 0.6) is 5.75 Å². The quantitative estimate of drug-likeness (QED) is 0.667. The molecule has 1 saturated carbocycles. The molecule has 2 aromatic carbocycles. The third kappa shape index (κ3) is 6.23. The van der Waals surface area contributed by atoms with E-state index in [1.807, 2.05) is 0 Å². The summed E-state index contributed by atoms with van der Waals surface area (Å²) in [4.78, 5) is 30.2. The normalized spacial score (nSPS) is 23.8. The maximum absolute atomic E-state index is 14.1. The smallest absolute Gasteiger partial charge is 0.258 e. The summed E-state index contributed by atoms with van der Waals surface area (Å²) in [5, 5.41) is 2.70. The highest BCUT2D eigenvalue weighted by Gasteiger charge is 2.31. The molecule has 7 nitrogen and oxygen atoms in total. The summed E-state index contributed by atoms with van der Waals surface area (Å²) >= 11 is 0. The Kier molecular flexibility index (Phi) is 8.26. The SMILES string of the molecule is CO[C@H]1CN(C)C(=O)c2cc(NC(=O)c3ccccc3F)ccc2OC[C@H](C)N(CC2CC2)C[C@@H]1C.